The first-order chi connectivity index (χ1) is 14.7. The van der Waals surface area contributed by atoms with Gasteiger partial charge in [-0.15, -0.1) is 0 Å². The van der Waals surface area contributed by atoms with Gasteiger partial charge in [0.2, 0.25) is 0 Å². The van der Waals surface area contributed by atoms with E-state index in [0.29, 0.717) is 25.8 Å². The molecule has 0 fully saturated rings. The molecule has 0 spiro atoms. The summed E-state index contributed by atoms with van der Waals surface area (Å²) in [5.41, 5.74) is 0. The zero-order valence-corrected chi connectivity index (χ0v) is 20.1. The Balaban J connectivity index is 5.70. The Morgan fingerprint density at radius 1 is 0.677 bits per heavy atom. The van der Waals surface area contributed by atoms with Crippen LogP contribution in [-0.4, -0.2) is 58.8 Å². The highest BCUT2D eigenvalue weighted by Crippen LogP contribution is 2.25. The second-order valence-electron chi connectivity index (χ2n) is 9.05. The fourth-order valence-corrected chi connectivity index (χ4v) is 4.44. The molecule has 0 aromatic rings. The summed E-state index contributed by atoms with van der Waals surface area (Å²) in [4.78, 5) is 35.3. The minimum Gasteiger partial charge on any atom is -0.550 e. The minimum absolute atomic E-state index is 0.219. The lowest BCUT2D eigenvalue weighted by Crippen LogP contribution is -2.59. The van der Waals surface area contributed by atoms with Gasteiger partial charge in [0.25, 0.3) is 0 Å². The second kappa shape index (κ2) is 16.1. The van der Waals surface area contributed by atoms with Gasteiger partial charge in [0.15, 0.2) is 0 Å². The van der Waals surface area contributed by atoms with Gasteiger partial charge >= 0.3 is 11.9 Å². The molecule has 3 atom stereocenters. The Labute approximate surface area is 188 Å². The van der Waals surface area contributed by atoms with E-state index in [9.17, 15) is 29.7 Å². The van der Waals surface area contributed by atoms with Gasteiger partial charge in [-0.05, 0) is 32.1 Å². The number of nitrogens with zero attached hydrogens (tertiary/aromatic N) is 1. The lowest BCUT2D eigenvalue weighted by molar-refractivity contribution is -0.935. The van der Waals surface area contributed by atoms with Crippen molar-refractivity contribution in [3.05, 3.63) is 0 Å². The van der Waals surface area contributed by atoms with Gasteiger partial charge in [-0.25, -0.2) is 0 Å². The van der Waals surface area contributed by atoms with Crippen molar-refractivity contribution in [1.82, 2.24) is 0 Å². The molecule has 0 saturated heterocycles. The third-order valence-corrected chi connectivity index (χ3v) is 6.57. The number of hydrogen-bond donors (Lipinski definition) is 2. The number of quaternary nitrogens is 1. The largest absolute Gasteiger partial charge is 0.550 e. The maximum atomic E-state index is 11.8. The van der Waals surface area contributed by atoms with Crippen molar-refractivity contribution in [2.24, 2.45) is 17.8 Å². The van der Waals surface area contributed by atoms with Crippen molar-refractivity contribution < 1.29 is 34.2 Å². The number of carbonyl (C=O) groups is 3. The van der Waals surface area contributed by atoms with Crippen molar-refractivity contribution >= 4 is 17.9 Å². The maximum absolute atomic E-state index is 11.8. The highest BCUT2D eigenvalue weighted by atomic mass is 16.4. The Bertz CT molecular complexity index is 476. The topological polar surface area (TPSA) is 115 Å². The third kappa shape index (κ3) is 11.5. The van der Waals surface area contributed by atoms with Crippen molar-refractivity contribution in [1.29, 1.82) is 0 Å². The lowest BCUT2D eigenvalue weighted by Gasteiger charge is -2.44. The van der Waals surface area contributed by atoms with Crippen molar-refractivity contribution in [3.63, 3.8) is 0 Å². The zero-order valence-electron chi connectivity index (χ0n) is 20.1. The minimum atomic E-state index is -1.14. The molecule has 0 aliphatic rings. The number of carboxylic acid groups (broad SMARTS) is 3. The second-order valence-corrected chi connectivity index (χ2v) is 9.05. The smallest absolute Gasteiger partial charge is 0.312 e. The average Bonchev–Trinajstić information content (AvgIpc) is 2.72. The predicted octanol–water partition coefficient (Wildman–Crippen LogP) is 3.55. The standard InChI is InChI=1S/C24H45NO6/c1-5-9-10-11-12-13-14-15-25(16-19(6-2)22(26)27,17-20(7-3)23(28)29)18-21(8-4)24(30)31/h19-21H,5-18H2,1-4H3,(H2-,26,27,28,29,30,31). The molecule has 0 saturated carbocycles. The van der Waals surface area contributed by atoms with Gasteiger partial charge in [0, 0.05) is 5.92 Å². The first-order valence-electron chi connectivity index (χ1n) is 12.2. The molecule has 0 aromatic heterocycles. The summed E-state index contributed by atoms with van der Waals surface area (Å²) < 4.78 is 0.219. The molecular weight excluding hydrogens is 398 g/mol. The van der Waals surface area contributed by atoms with Gasteiger partial charge in [-0.3, -0.25) is 9.59 Å². The van der Waals surface area contributed by atoms with E-state index in [1.54, 1.807) is 6.92 Å². The predicted molar refractivity (Wildman–Crippen MR) is 119 cm³/mol. The summed E-state index contributed by atoms with van der Waals surface area (Å²) in [6.45, 7) is 8.92. The molecule has 31 heavy (non-hydrogen) atoms. The van der Waals surface area contributed by atoms with Gasteiger partial charge in [-0.1, -0.05) is 59.8 Å². The number of aliphatic carboxylic acids is 3. The molecule has 182 valence electrons. The monoisotopic (exact) mass is 443 g/mol. The van der Waals surface area contributed by atoms with E-state index in [1.807, 2.05) is 13.8 Å². The molecule has 0 radical (unpaired) electrons. The number of carbonyl (C=O) groups excluding carboxylic acids is 1. The third-order valence-electron chi connectivity index (χ3n) is 6.57. The first kappa shape index (κ1) is 29.4. The summed E-state index contributed by atoms with van der Waals surface area (Å²) in [6.07, 6.45) is 8.91. The number of hydrogen-bond acceptors (Lipinski definition) is 4. The van der Waals surface area contributed by atoms with Crippen LogP contribution in [0.25, 0.3) is 0 Å². The van der Waals surface area contributed by atoms with Gasteiger partial charge in [0.05, 0.1) is 32.1 Å². The van der Waals surface area contributed by atoms with Gasteiger partial charge < -0.3 is 24.6 Å². The van der Waals surface area contributed by atoms with Crippen LogP contribution in [0.2, 0.25) is 0 Å². The quantitative estimate of drug-likeness (QED) is 0.220. The molecule has 0 rings (SSSR count). The Kier molecular flexibility index (Phi) is 15.2. The maximum Gasteiger partial charge on any atom is 0.312 e. The van der Waals surface area contributed by atoms with E-state index in [0.717, 1.165) is 25.7 Å². The Morgan fingerprint density at radius 3 is 1.42 bits per heavy atom. The average molecular weight is 444 g/mol. The highest BCUT2D eigenvalue weighted by Gasteiger charge is 2.39. The number of rotatable bonds is 20. The van der Waals surface area contributed by atoms with E-state index in [-0.39, 0.29) is 24.1 Å². The van der Waals surface area contributed by atoms with Crippen LogP contribution >= 0.6 is 0 Å². The van der Waals surface area contributed by atoms with E-state index < -0.39 is 35.7 Å². The SMILES string of the molecule is CCCCCCCCC[N+](CC(CC)C(=O)[O-])(CC(CC)C(=O)O)CC(CC)C(=O)O. The van der Waals surface area contributed by atoms with Crippen LogP contribution in [0.3, 0.4) is 0 Å². The summed E-state index contributed by atoms with van der Waals surface area (Å²) in [5.74, 6) is -4.94. The Hall–Kier alpha value is -1.63. The Morgan fingerprint density at radius 2 is 1.06 bits per heavy atom. The van der Waals surface area contributed by atoms with E-state index in [2.05, 4.69) is 6.92 Å². The molecule has 3 unspecified atom stereocenters. The highest BCUT2D eigenvalue weighted by molar-refractivity contribution is 5.70. The van der Waals surface area contributed by atoms with Crippen LogP contribution in [0.5, 0.6) is 0 Å². The number of carboxylic acids is 3. The van der Waals surface area contributed by atoms with E-state index >= 15 is 0 Å². The fraction of sp³-hybridized carbons (Fsp3) is 0.875. The summed E-state index contributed by atoms with van der Waals surface area (Å²) >= 11 is 0. The molecule has 0 heterocycles. The van der Waals surface area contributed by atoms with Crippen LogP contribution in [0.1, 0.15) is 91.9 Å². The molecule has 0 aliphatic carbocycles. The molecule has 0 aliphatic heterocycles. The van der Waals surface area contributed by atoms with E-state index in [1.165, 1.54) is 19.3 Å². The van der Waals surface area contributed by atoms with E-state index in [4.69, 9.17) is 0 Å². The molecule has 7 nitrogen and oxygen atoms in total. The van der Waals surface area contributed by atoms with Crippen molar-refractivity contribution in [3.8, 4) is 0 Å². The molecule has 0 bridgehead atoms. The molecule has 2 N–H and O–H groups in total. The summed E-state index contributed by atoms with van der Waals surface area (Å²) in [6, 6.07) is 0. The van der Waals surface area contributed by atoms with Crippen LogP contribution in [0.15, 0.2) is 0 Å². The van der Waals surface area contributed by atoms with Crippen LogP contribution in [-0.2, 0) is 14.4 Å². The van der Waals surface area contributed by atoms with Crippen molar-refractivity contribution in [2.75, 3.05) is 26.2 Å². The zero-order chi connectivity index (χ0) is 23.9. The molecule has 0 aromatic carbocycles. The van der Waals surface area contributed by atoms with Gasteiger partial charge in [-0.2, -0.15) is 0 Å². The molecular formula is C24H45NO6. The normalized spacial score (nSPS) is 16.3. The lowest BCUT2D eigenvalue weighted by atomic mass is 9.95. The van der Waals surface area contributed by atoms with Crippen molar-refractivity contribution in [2.45, 2.75) is 91.9 Å². The van der Waals surface area contributed by atoms with Crippen LogP contribution in [0, 0.1) is 17.8 Å². The summed E-state index contributed by atoms with van der Waals surface area (Å²) in [5, 5.41) is 31.1. The summed E-state index contributed by atoms with van der Waals surface area (Å²) in [7, 11) is 0. The van der Waals surface area contributed by atoms with Crippen LogP contribution in [0.4, 0.5) is 0 Å². The first-order valence-corrected chi connectivity index (χ1v) is 12.2. The fourth-order valence-electron chi connectivity index (χ4n) is 4.44. The number of unbranched alkanes of at least 4 members (excludes halogenated alkanes) is 6. The molecule has 7 heteroatoms. The van der Waals surface area contributed by atoms with Gasteiger partial charge in [0.1, 0.15) is 11.8 Å². The molecule has 0 amide bonds. The van der Waals surface area contributed by atoms with Crippen LogP contribution < -0.4 is 5.11 Å².